The summed E-state index contributed by atoms with van der Waals surface area (Å²) < 4.78 is 69.0. The SMILES string of the molecule is O=C(O)C(F)(F)F.O=C(O)C(F)(F)F.O=C1N(Cc2ccncc2)c2ccccc2C12CCN(C1CCOC1)CC2. The van der Waals surface area contributed by atoms with Crippen molar-refractivity contribution in [1.29, 1.82) is 0 Å². The third-order valence-electron chi connectivity index (χ3n) is 7.01. The van der Waals surface area contributed by atoms with Gasteiger partial charge < -0.3 is 19.8 Å². The van der Waals surface area contributed by atoms with Gasteiger partial charge in [0, 0.05) is 30.7 Å². The number of halogens is 6. The molecule has 0 bridgehead atoms. The lowest BCUT2D eigenvalue weighted by atomic mass is 9.73. The molecule has 1 atom stereocenters. The van der Waals surface area contributed by atoms with E-state index in [1.807, 2.05) is 23.1 Å². The second kappa shape index (κ2) is 12.9. The molecule has 1 spiro atoms. The van der Waals surface area contributed by atoms with Gasteiger partial charge in [0.25, 0.3) is 0 Å². The van der Waals surface area contributed by atoms with Crippen LogP contribution in [-0.2, 0) is 31.1 Å². The van der Waals surface area contributed by atoms with Crippen LogP contribution in [0.1, 0.15) is 30.4 Å². The number of fused-ring (bicyclic) bond motifs is 2. The van der Waals surface area contributed by atoms with Crippen LogP contribution in [0.4, 0.5) is 32.0 Å². The van der Waals surface area contributed by atoms with Crippen molar-refractivity contribution >= 4 is 23.5 Å². The van der Waals surface area contributed by atoms with Crippen LogP contribution in [0.15, 0.2) is 48.8 Å². The number of anilines is 1. The van der Waals surface area contributed by atoms with Gasteiger partial charge in [-0.3, -0.25) is 14.7 Å². The van der Waals surface area contributed by atoms with Crippen molar-refractivity contribution in [2.24, 2.45) is 0 Å². The molecule has 4 heterocycles. The molecular formula is C26H27F6N3O6. The summed E-state index contributed by atoms with van der Waals surface area (Å²) in [5.41, 5.74) is 3.05. The Balaban J connectivity index is 0.000000276. The molecular weight excluding hydrogens is 564 g/mol. The molecule has 2 saturated heterocycles. The van der Waals surface area contributed by atoms with E-state index in [0.29, 0.717) is 12.6 Å². The maximum absolute atomic E-state index is 13.6. The van der Waals surface area contributed by atoms with Crippen molar-refractivity contribution in [3.63, 3.8) is 0 Å². The van der Waals surface area contributed by atoms with E-state index < -0.39 is 24.3 Å². The van der Waals surface area contributed by atoms with Gasteiger partial charge in [0.05, 0.1) is 18.6 Å². The Morgan fingerprint density at radius 2 is 1.49 bits per heavy atom. The van der Waals surface area contributed by atoms with Crippen molar-refractivity contribution in [2.45, 2.75) is 49.6 Å². The Hall–Kier alpha value is -3.72. The van der Waals surface area contributed by atoms with Crippen LogP contribution in [0.2, 0.25) is 0 Å². The van der Waals surface area contributed by atoms with Crippen LogP contribution in [-0.4, -0.2) is 82.6 Å². The van der Waals surface area contributed by atoms with Crippen molar-refractivity contribution in [1.82, 2.24) is 9.88 Å². The molecule has 1 amide bonds. The third kappa shape index (κ3) is 7.73. The minimum Gasteiger partial charge on any atom is -0.475 e. The Morgan fingerprint density at radius 3 is 1.98 bits per heavy atom. The number of alkyl halides is 6. The zero-order valence-corrected chi connectivity index (χ0v) is 21.5. The van der Waals surface area contributed by atoms with E-state index in [2.05, 4.69) is 28.1 Å². The molecule has 1 unspecified atom stereocenters. The highest BCUT2D eigenvalue weighted by Gasteiger charge is 2.52. The van der Waals surface area contributed by atoms with Crippen LogP contribution < -0.4 is 4.90 Å². The largest absolute Gasteiger partial charge is 0.490 e. The number of hydrogen-bond donors (Lipinski definition) is 2. The first kappa shape index (κ1) is 31.8. The van der Waals surface area contributed by atoms with Crippen LogP contribution in [0.25, 0.3) is 0 Å². The molecule has 1 aromatic heterocycles. The standard InChI is InChI=1S/C22H25N3O2.2C2HF3O2/c26-21-22(8-12-24(13-9-22)18-7-14-27-16-18)19-3-1-2-4-20(19)25(21)15-17-5-10-23-11-6-17;2*3-2(4,5)1(6)7/h1-6,10-11,18H,7-9,12-16H2;2*(H,6,7). The van der Waals surface area contributed by atoms with Gasteiger partial charge in [0.1, 0.15) is 0 Å². The zero-order chi connectivity index (χ0) is 30.4. The number of para-hydroxylation sites is 1. The number of carboxylic acids is 2. The van der Waals surface area contributed by atoms with E-state index in [1.54, 1.807) is 12.4 Å². The molecule has 41 heavy (non-hydrogen) atoms. The second-order valence-electron chi connectivity index (χ2n) is 9.51. The first-order valence-corrected chi connectivity index (χ1v) is 12.4. The average molecular weight is 592 g/mol. The summed E-state index contributed by atoms with van der Waals surface area (Å²) in [5, 5.41) is 14.2. The second-order valence-corrected chi connectivity index (χ2v) is 9.51. The van der Waals surface area contributed by atoms with E-state index in [0.717, 1.165) is 56.8 Å². The summed E-state index contributed by atoms with van der Waals surface area (Å²) in [6.45, 7) is 4.26. The molecule has 2 aromatic rings. The highest BCUT2D eigenvalue weighted by atomic mass is 19.4. The topological polar surface area (TPSA) is 120 Å². The number of piperidine rings is 1. The van der Waals surface area contributed by atoms with Gasteiger partial charge >= 0.3 is 24.3 Å². The Kier molecular flexibility index (Phi) is 9.97. The highest BCUT2D eigenvalue weighted by Crippen LogP contribution is 2.48. The lowest BCUT2D eigenvalue weighted by molar-refractivity contribution is -0.193. The summed E-state index contributed by atoms with van der Waals surface area (Å²) in [6.07, 6.45) is -3.68. The quantitative estimate of drug-likeness (QED) is 0.514. The number of carbonyl (C=O) groups excluding carboxylic acids is 1. The molecule has 5 rings (SSSR count). The smallest absolute Gasteiger partial charge is 0.475 e. The minimum absolute atomic E-state index is 0.267. The number of pyridine rings is 1. The van der Waals surface area contributed by atoms with Gasteiger partial charge in [-0.15, -0.1) is 0 Å². The molecule has 224 valence electrons. The van der Waals surface area contributed by atoms with Gasteiger partial charge in [-0.05, 0) is 61.7 Å². The number of aromatic nitrogens is 1. The van der Waals surface area contributed by atoms with Crippen molar-refractivity contribution in [2.75, 3.05) is 31.2 Å². The van der Waals surface area contributed by atoms with Gasteiger partial charge in [-0.2, -0.15) is 26.3 Å². The van der Waals surface area contributed by atoms with Gasteiger partial charge in [-0.25, -0.2) is 9.59 Å². The maximum Gasteiger partial charge on any atom is 0.490 e. The van der Waals surface area contributed by atoms with E-state index in [4.69, 9.17) is 24.5 Å². The summed E-state index contributed by atoms with van der Waals surface area (Å²) in [4.78, 5) is 40.0. The lowest BCUT2D eigenvalue weighted by Crippen LogP contribution is -2.51. The molecule has 2 fully saturated rings. The number of benzene rings is 1. The number of carbonyl (C=O) groups is 3. The van der Waals surface area contributed by atoms with Crippen molar-refractivity contribution < 1.29 is 55.7 Å². The first-order chi connectivity index (χ1) is 19.2. The maximum atomic E-state index is 13.6. The van der Waals surface area contributed by atoms with E-state index in [9.17, 15) is 31.1 Å². The molecule has 9 nitrogen and oxygen atoms in total. The number of ether oxygens (including phenoxy) is 1. The van der Waals surface area contributed by atoms with Crippen LogP contribution in [0, 0.1) is 0 Å². The van der Waals surface area contributed by atoms with Gasteiger partial charge in [0.15, 0.2) is 0 Å². The van der Waals surface area contributed by atoms with E-state index in [-0.39, 0.29) is 11.3 Å². The van der Waals surface area contributed by atoms with Gasteiger partial charge in [0.2, 0.25) is 5.91 Å². The Labute approximate surface area is 230 Å². The molecule has 3 aliphatic heterocycles. The fourth-order valence-electron chi connectivity index (χ4n) is 4.99. The normalized spacial score (nSPS) is 20.0. The fourth-order valence-corrected chi connectivity index (χ4v) is 4.99. The summed E-state index contributed by atoms with van der Waals surface area (Å²) in [6, 6.07) is 12.9. The van der Waals surface area contributed by atoms with Crippen molar-refractivity contribution in [3.8, 4) is 0 Å². The average Bonchev–Trinajstić information content (AvgIpc) is 3.53. The first-order valence-electron chi connectivity index (χ1n) is 12.4. The van der Waals surface area contributed by atoms with Gasteiger partial charge in [-0.1, -0.05) is 18.2 Å². The summed E-state index contributed by atoms with van der Waals surface area (Å²) >= 11 is 0. The van der Waals surface area contributed by atoms with Crippen LogP contribution in [0.5, 0.6) is 0 Å². The van der Waals surface area contributed by atoms with Crippen LogP contribution in [0.3, 0.4) is 0 Å². The predicted octanol–water partition coefficient (Wildman–Crippen LogP) is 4.02. The minimum atomic E-state index is -5.08. The number of carboxylic acid groups (broad SMARTS) is 2. The molecule has 0 saturated carbocycles. The summed E-state index contributed by atoms with van der Waals surface area (Å²) in [5.74, 6) is -5.25. The predicted molar refractivity (Wildman–Crippen MR) is 131 cm³/mol. The number of likely N-dealkylation sites (tertiary alicyclic amines) is 1. The number of rotatable bonds is 3. The molecule has 15 heteroatoms. The number of amides is 1. The molecule has 1 aromatic carbocycles. The molecule has 0 radical (unpaired) electrons. The number of nitrogens with zero attached hydrogens (tertiary/aromatic N) is 3. The van der Waals surface area contributed by atoms with Crippen molar-refractivity contribution in [3.05, 3.63) is 59.9 Å². The Bertz CT molecular complexity index is 1190. The fraction of sp³-hybridized carbons (Fsp3) is 0.462. The van der Waals surface area contributed by atoms with E-state index in [1.165, 1.54) is 5.56 Å². The van der Waals surface area contributed by atoms with Crippen LogP contribution >= 0.6 is 0 Å². The Morgan fingerprint density at radius 1 is 0.951 bits per heavy atom. The third-order valence-corrected chi connectivity index (χ3v) is 7.01. The van der Waals surface area contributed by atoms with E-state index >= 15 is 0 Å². The lowest BCUT2D eigenvalue weighted by Gasteiger charge is -2.40. The molecule has 2 N–H and O–H groups in total. The highest BCUT2D eigenvalue weighted by molar-refractivity contribution is 6.08. The zero-order valence-electron chi connectivity index (χ0n) is 21.5. The number of hydrogen-bond acceptors (Lipinski definition) is 6. The summed E-state index contributed by atoms with van der Waals surface area (Å²) in [7, 11) is 0. The monoisotopic (exact) mass is 591 g/mol. The molecule has 3 aliphatic rings. The molecule has 0 aliphatic carbocycles. The number of aliphatic carboxylic acids is 2.